The van der Waals surface area contributed by atoms with Crippen LogP contribution in [0.5, 0.6) is 5.75 Å². The fourth-order valence-corrected chi connectivity index (χ4v) is 2.45. The molecule has 3 rings (SSSR count). The molecule has 0 saturated heterocycles. The summed E-state index contributed by atoms with van der Waals surface area (Å²) in [6.07, 6.45) is 0. The van der Waals surface area contributed by atoms with E-state index in [0.29, 0.717) is 11.6 Å². The molecule has 0 amide bonds. The predicted molar refractivity (Wildman–Crippen MR) is 95.7 cm³/mol. The highest BCUT2D eigenvalue weighted by molar-refractivity contribution is 5.71. The van der Waals surface area contributed by atoms with Gasteiger partial charge in [-0.3, -0.25) is 0 Å². The molecule has 0 unspecified atom stereocenters. The van der Waals surface area contributed by atoms with Gasteiger partial charge in [-0.05, 0) is 43.5 Å². The van der Waals surface area contributed by atoms with E-state index in [1.165, 1.54) is 0 Å². The van der Waals surface area contributed by atoms with E-state index in [2.05, 4.69) is 10.1 Å². The van der Waals surface area contributed by atoms with Gasteiger partial charge in [-0.15, -0.1) is 0 Å². The number of ether oxygens (including phenoxy) is 2. The van der Waals surface area contributed by atoms with Crippen LogP contribution >= 0.6 is 0 Å². The third kappa shape index (κ3) is 4.08. The SMILES string of the molecule is Cc1ccccc1-c1noc(COC(=O)COc2cccc(C)c2C)n1. The molecule has 0 aliphatic rings. The van der Waals surface area contributed by atoms with Crippen molar-refractivity contribution in [3.05, 3.63) is 65.0 Å². The van der Waals surface area contributed by atoms with Gasteiger partial charge in [-0.2, -0.15) is 4.98 Å². The minimum atomic E-state index is -0.499. The second-order valence-electron chi connectivity index (χ2n) is 5.97. The Morgan fingerprint density at radius 1 is 1.04 bits per heavy atom. The Balaban J connectivity index is 1.54. The number of carbonyl (C=O) groups is 1. The van der Waals surface area contributed by atoms with Crippen LogP contribution in [-0.2, 0) is 16.1 Å². The molecule has 2 aromatic carbocycles. The van der Waals surface area contributed by atoms with E-state index in [4.69, 9.17) is 14.0 Å². The van der Waals surface area contributed by atoms with Crippen molar-refractivity contribution in [1.82, 2.24) is 10.1 Å². The molecule has 0 saturated carbocycles. The fraction of sp³-hybridized carbons (Fsp3) is 0.250. The molecule has 1 heterocycles. The zero-order valence-electron chi connectivity index (χ0n) is 15.0. The molecule has 1 aromatic heterocycles. The van der Waals surface area contributed by atoms with E-state index < -0.39 is 5.97 Å². The summed E-state index contributed by atoms with van der Waals surface area (Å²) in [5.41, 5.74) is 4.02. The largest absolute Gasteiger partial charge is 0.482 e. The molecule has 3 aromatic rings. The summed E-state index contributed by atoms with van der Waals surface area (Å²) in [6, 6.07) is 13.4. The molecule has 0 bridgehead atoms. The summed E-state index contributed by atoms with van der Waals surface area (Å²) in [4.78, 5) is 16.1. The number of carbonyl (C=O) groups excluding carboxylic acids is 1. The molecular formula is C20H20N2O4. The van der Waals surface area contributed by atoms with Crippen molar-refractivity contribution in [3.8, 4) is 17.1 Å². The number of rotatable bonds is 6. The van der Waals surface area contributed by atoms with Gasteiger partial charge < -0.3 is 14.0 Å². The monoisotopic (exact) mass is 352 g/mol. The molecule has 0 radical (unpaired) electrons. The summed E-state index contributed by atoms with van der Waals surface area (Å²) >= 11 is 0. The molecule has 0 atom stereocenters. The lowest BCUT2D eigenvalue weighted by Gasteiger charge is -2.10. The van der Waals surface area contributed by atoms with Crippen LogP contribution in [0.25, 0.3) is 11.4 Å². The third-order valence-corrected chi connectivity index (χ3v) is 4.11. The molecular weight excluding hydrogens is 332 g/mol. The first-order valence-electron chi connectivity index (χ1n) is 8.28. The number of hydrogen-bond donors (Lipinski definition) is 0. The second-order valence-corrected chi connectivity index (χ2v) is 5.97. The van der Waals surface area contributed by atoms with Crippen molar-refractivity contribution in [2.75, 3.05) is 6.61 Å². The Hall–Kier alpha value is -3.15. The van der Waals surface area contributed by atoms with Gasteiger partial charge >= 0.3 is 5.97 Å². The van der Waals surface area contributed by atoms with Crippen molar-refractivity contribution in [1.29, 1.82) is 0 Å². The Morgan fingerprint density at radius 2 is 1.81 bits per heavy atom. The van der Waals surface area contributed by atoms with E-state index >= 15 is 0 Å². The molecule has 0 aliphatic carbocycles. The normalized spacial score (nSPS) is 10.6. The summed E-state index contributed by atoms with van der Waals surface area (Å²) in [5.74, 6) is 0.882. The number of hydrogen-bond acceptors (Lipinski definition) is 6. The fourth-order valence-electron chi connectivity index (χ4n) is 2.45. The topological polar surface area (TPSA) is 74.5 Å². The Labute approximate surface area is 151 Å². The average Bonchev–Trinajstić information content (AvgIpc) is 3.10. The smallest absolute Gasteiger partial charge is 0.344 e. The summed E-state index contributed by atoms with van der Waals surface area (Å²) in [7, 11) is 0. The molecule has 134 valence electrons. The van der Waals surface area contributed by atoms with Crippen LogP contribution in [-0.4, -0.2) is 22.7 Å². The molecule has 0 N–H and O–H groups in total. The van der Waals surface area contributed by atoms with Crippen LogP contribution in [0, 0.1) is 20.8 Å². The van der Waals surface area contributed by atoms with E-state index in [0.717, 1.165) is 22.3 Å². The predicted octanol–water partition coefficient (Wildman–Crippen LogP) is 3.78. The van der Waals surface area contributed by atoms with E-state index in [9.17, 15) is 4.79 Å². The second kappa shape index (κ2) is 7.82. The van der Waals surface area contributed by atoms with Crippen LogP contribution < -0.4 is 4.74 Å². The van der Waals surface area contributed by atoms with Gasteiger partial charge in [0, 0.05) is 5.56 Å². The standard InChI is InChI=1S/C20H20N2O4/c1-13-8-6-10-17(15(13)3)24-12-19(23)25-11-18-21-20(22-26-18)16-9-5-4-7-14(16)2/h4-10H,11-12H2,1-3H3. The van der Waals surface area contributed by atoms with Gasteiger partial charge in [0.2, 0.25) is 5.82 Å². The first-order chi connectivity index (χ1) is 12.5. The number of nitrogens with zero attached hydrogens (tertiary/aromatic N) is 2. The summed E-state index contributed by atoms with van der Waals surface area (Å²) in [6.45, 7) is 5.64. The van der Waals surface area contributed by atoms with Gasteiger partial charge in [0.1, 0.15) is 5.75 Å². The van der Waals surface area contributed by atoms with E-state index in [-0.39, 0.29) is 19.1 Å². The number of benzene rings is 2. The molecule has 6 nitrogen and oxygen atoms in total. The van der Waals surface area contributed by atoms with Crippen LogP contribution in [0.1, 0.15) is 22.6 Å². The minimum Gasteiger partial charge on any atom is -0.482 e. The van der Waals surface area contributed by atoms with Gasteiger partial charge in [-0.1, -0.05) is 41.6 Å². The maximum absolute atomic E-state index is 11.9. The maximum atomic E-state index is 11.9. The van der Waals surface area contributed by atoms with Crippen molar-refractivity contribution in [2.24, 2.45) is 0 Å². The lowest BCUT2D eigenvalue weighted by atomic mass is 10.1. The van der Waals surface area contributed by atoms with Crippen LogP contribution in [0.3, 0.4) is 0 Å². The van der Waals surface area contributed by atoms with Crippen molar-refractivity contribution >= 4 is 5.97 Å². The quantitative estimate of drug-likeness (QED) is 0.629. The summed E-state index contributed by atoms with van der Waals surface area (Å²) in [5, 5.41) is 3.93. The Kier molecular flexibility index (Phi) is 5.31. The first-order valence-corrected chi connectivity index (χ1v) is 8.28. The van der Waals surface area contributed by atoms with Crippen LogP contribution in [0.15, 0.2) is 47.0 Å². The van der Waals surface area contributed by atoms with E-state index in [1.807, 2.05) is 63.2 Å². The van der Waals surface area contributed by atoms with Crippen molar-refractivity contribution in [3.63, 3.8) is 0 Å². The van der Waals surface area contributed by atoms with Crippen LogP contribution in [0.2, 0.25) is 0 Å². The number of aromatic nitrogens is 2. The maximum Gasteiger partial charge on any atom is 0.344 e. The molecule has 0 fully saturated rings. The number of esters is 1. The van der Waals surface area contributed by atoms with Gasteiger partial charge in [0.25, 0.3) is 5.89 Å². The summed E-state index contributed by atoms with van der Waals surface area (Å²) < 4.78 is 15.8. The highest BCUT2D eigenvalue weighted by Gasteiger charge is 2.13. The zero-order valence-corrected chi connectivity index (χ0v) is 15.0. The highest BCUT2D eigenvalue weighted by atomic mass is 16.6. The number of aryl methyl sites for hydroxylation is 2. The van der Waals surface area contributed by atoms with E-state index in [1.54, 1.807) is 0 Å². The van der Waals surface area contributed by atoms with Gasteiger partial charge in [0.15, 0.2) is 13.2 Å². The van der Waals surface area contributed by atoms with Gasteiger partial charge in [0.05, 0.1) is 0 Å². The lowest BCUT2D eigenvalue weighted by molar-refractivity contribution is -0.148. The zero-order chi connectivity index (χ0) is 18.5. The Bertz CT molecular complexity index is 918. The first kappa shape index (κ1) is 17.7. The molecule has 6 heteroatoms. The van der Waals surface area contributed by atoms with Crippen LogP contribution in [0.4, 0.5) is 0 Å². The molecule has 0 aliphatic heterocycles. The van der Waals surface area contributed by atoms with Crippen molar-refractivity contribution < 1.29 is 18.8 Å². The Morgan fingerprint density at radius 3 is 2.62 bits per heavy atom. The highest BCUT2D eigenvalue weighted by Crippen LogP contribution is 2.21. The molecule has 26 heavy (non-hydrogen) atoms. The van der Waals surface area contributed by atoms with Gasteiger partial charge in [-0.25, -0.2) is 4.79 Å². The minimum absolute atomic E-state index is 0.0894. The van der Waals surface area contributed by atoms with Crippen molar-refractivity contribution in [2.45, 2.75) is 27.4 Å². The lowest BCUT2D eigenvalue weighted by Crippen LogP contribution is -2.15. The third-order valence-electron chi connectivity index (χ3n) is 4.11. The average molecular weight is 352 g/mol. The molecule has 0 spiro atoms.